The number of amides is 6. The van der Waals surface area contributed by atoms with E-state index in [4.69, 9.17) is 23.2 Å². The van der Waals surface area contributed by atoms with Gasteiger partial charge in [-0.3, -0.25) is 39.4 Å². The Morgan fingerprint density at radius 2 is 1.70 bits per heavy atom. The average Bonchev–Trinajstić information content (AvgIpc) is 4.05. The number of carbonyl (C=O) groups is 6. The SMILES string of the molecule is O=C1CCC(N2Cc3c(NCc4cn(CCCNC(=O)c5ccc(NC(=O)[C@@H]6NC7(CCCCC7)[C@]78C(=O)Nc9cc(Cl)c(cc97)-c7c(Cl)cccc7[C@@H]68)cc5)cn4)cccc3C2=O)C(=O)N1. The normalized spacial score (nSPS) is 23.0. The van der Waals surface area contributed by atoms with Crippen LogP contribution in [-0.4, -0.2) is 74.1 Å². The standard InChI is InChI=1S/C50H47Cl2N9O6/c51-35-9-4-8-31-41(35)32-21-34-38(22-36(32)52)57-48(67)50(34)42(31)43(59-49(50)17-2-1-3-18-49)46(65)56-28-13-11-27(12-14-28)44(63)53-19-6-20-60-24-29(55-26-60)23-54-37-10-5-7-30-33(37)25-61(47(30)66)39-15-16-40(62)58-45(39)64/h4-5,7-14,21-22,24,26,39,42-43,54,59H,1-3,6,15-20,23,25H2,(H,53,63)(H,56,65)(H,57,67)(H,58,62,64)/t39?,42-,43+,50+/m0/s1. The van der Waals surface area contributed by atoms with Crippen molar-refractivity contribution >= 4 is 75.7 Å². The van der Waals surface area contributed by atoms with Crippen LogP contribution in [0.3, 0.4) is 0 Å². The zero-order valence-electron chi connectivity index (χ0n) is 36.3. The topological polar surface area (TPSA) is 196 Å². The largest absolute Gasteiger partial charge is 0.379 e. The summed E-state index contributed by atoms with van der Waals surface area (Å²) >= 11 is 13.8. The summed E-state index contributed by atoms with van der Waals surface area (Å²) in [5.41, 5.74) is 5.94. The van der Waals surface area contributed by atoms with Gasteiger partial charge in [0, 0.05) is 93.6 Å². The minimum absolute atomic E-state index is 0.133. The fourth-order valence-electron chi connectivity index (χ4n) is 11.8. The molecule has 4 aromatic carbocycles. The molecule has 1 aromatic heterocycles. The predicted octanol–water partition coefficient (Wildman–Crippen LogP) is 6.65. The van der Waals surface area contributed by atoms with Gasteiger partial charge >= 0.3 is 0 Å². The molecular formula is C50H47Cl2N9O6. The van der Waals surface area contributed by atoms with Crippen molar-refractivity contribution in [3.63, 3.8) is 0 Å². The van der Waals surface area contributed by atoms with Crippen molar-refractivity contribution < 1.29 is 28.8 Å². The lowest BCUT2D eigenvalue weighted by Gasteiger charge is -2.46. The van der Waals surface area contributed by atoms with Crippen LogP contribution in [0.2, 0.25) is 10.0 Å². The van der Waals surface area contributed by atoms with Crippen molar-refractivity contribution in [2.24, 2.45) is 0 Å². The average molecular weight is 941 g/mol. The molecule has 4 aliphatic heterocycles. The quantitative estimate of drug-likeness (QED) is 0.0621. The van der Waals surface area contributed by atoms with Crippen molar-refractivity contribution in [2.45, 2.75) is 100.0 Å². The first-order chi connectivity index (χ1) is 32.5. The number of halogens is 2. The lowest BCUT2D eigenvalue weighted by Crippen LogP contribution is -2.60. The number of hydrogen-bond acceptors (Lipinski definition) is 9. The third-order valence-electron chi connectivity index (χ3n) is 14.8. The maximum atomic E-state index is 14.7. The number of nitrogens with zero attached hydrogens (tertiary/aromatic N) is 3. The predicted molar refractivity (Wildman–Crippen MR) is 252 cm³/mol. The van der Waals surface area contributed by atoms with Gasteiger partial charge in [0.1, 0.15) is 11.5 Å². The van der Waals surface area contributed by atoms with E-state index < -0.39 is 34.9 Å². The molecule has 1 unspecified atom stereocenters. The second-order valence-corrected chi connectivity index (χ2v) is 19.3. The summed E-state index contributed by atoms with van der Waals surface area (Å²) in [5.74, 6) is -2.24. The van der Waals surface area contributed by atoms with Crippen molar-refractivity contribution in [1.82, 2.24) is 30.4 Å². The van der Waals surface area contributed by atoms with Gasteiger partial charge in [-0.15, -0.1) is 0 Å². The van der Waals surface area contributed by atoms with E-state index in [1.807, 2.05) is 47.2 Å². The van der Waals surface area contributed by atoms with E-state index in [-0.39, 0.29) is 42.5 Å². The lowest BCUT2D eigenvalue weighted by atomic mass is 9.56. The van der Waals surface area contributed by atoms with E-state index in [1.165, 1.54) is 4.90 Å². The monoisotopic (exact) mass is 939 g/mol. The van der Waals surface area contributed by atoms with Crippen molar-refractivity contribution in [1.29, 1.82) is 0 Å². The first-order valence-electron chi connectivity index (χ1n) is 22.9. The number of benzene rings is 4. The van der Waals surface area contributed by atoms with Gasteiger partial charge in [0.2, 0.25) is 23.6 Å². The minimum atomic E-state index is -1.07. The van der Waals surface area contributed by atoms with Crippen LogP contribution in [0.25, 0.3) is 11.1 Å². The highest BCUT2D eigenvalue weighted by atomic mass is 35.5. The molecule has 2 aliphatic carbocycles. The Labute approximate surface area is 395 Å². The molecule has 6 amide bonds. The Kier molecular flexibility index (Phi) is 10.7. The molecule has 6 aliphatic rings. The Hall–Kier alpha value is -6.55. The van der Waals surface area contributed by atoms with Crippen LogP contribution < -0.4 is 31.9 Å². The first-order valence-corrected chi connectivity index (χ1v) is 23.6. The number of imidazole rings is 1. The number of aromatic nitrogens is 2. The zero-order valence-corrected chi connectivity index (χ0v) is 37.9. The van der Waals surface area contributed by atoms with Crippen molar-refractivity contribution in [3.8, 4) is 11.1 Å². The molecule has 15 nitrogen and oxygen atoms in total. The van der Waals surface area contributed by atoms with E-state index in [2.05, 4.69) is 36.9 Å². The van der Waals surface area contributed by atoms with Gasteiger partial charge in [-0.1, -0.05) is 60.7 Å². The molecule has 2 bridgehead atoms. The van der Waals surface area contributed by atoms with Crippen LogP contribution in [0.4, 0.5) is 17.1 Å². The Balaban J connectivity index is 0.711. The van der Waals surface area contributed by atoms with Gasteiger partial charge in [-0.25, -0.2) is 4.98 Å². The molecule has 5 heterocycles. The van der Waals surface area contributed by atoms with Gasteiger partial charge in [0.05, 0.1) is 29.6 Å². The van der Waals surface area contributed by atoms with Crippen molar-refractivity contribution in [3.05, 3.63) is 129 Å². The van der Waals surface area contributed by atoms with Crippen LogP contribution in [-0.2, 0) is 44.2 Å². The van der Waals surface area contributed by atoms with Gasteiger partial charge in [0.25, 0.3) is 11.8 Å². The molecule has 17 heteroatoms. The van der Waals surface area contributed by atoms with E-state index >= 15 is 0 Å². The number of fused-ring (bicyclic) bond motifs is 5. The minimum Gasteiger partial charge on any atom is -0.379 e. The number of imide groups is 1. The Bertz CT molecular complexity index is 2930. The number of aryl methyl sites for hydroxylation is 1. The fraction of sp³-hybridized carbons (Fsp3) is 0.340. The molecule has 1 saturated carbocycles. The molecule has 2 saturated heterocycles. The maximum absolute atomic E-state index is 14.7. The summed E-state index contributed by atoms with van der Waals surface area (Å²) in [7, 11) is 0. The molecule has 5 aromatic rings. The molecule has 6 N–H and O–H groups in total. The fourth-order valence-corrected chi connectivity index (χ4v) is 12.4. The van der Waals surface area contributed by atoms with Gasteiger partial charge in [-0.2, -0.15) is 0 Å². The smallest absolute Gasteiger partial charge is 0.255 e. The maximum Gasteiger partial charge on any atom is 0.255 e. The molecular weight excluding hydrogens is 894 g/mol. The van der Waals surface area contributed by atoms with E-state index in [1.54, 1.807) is 42.7 Å². The highest BCUT2D eigenvalue weighted by Crippen LogP contribution is 2.66. The van der Waals surface area contributed by atoms with Crippen LogP contribution in [0.1, 0.15) is 100 Å². The summed E-state index contributed by atoms with van der Waals surface area (Å²) in [6, 6.07) is 20.3. The van der Waals surface area contributed by atoms with E-state index in [0.29, 0.717) is 65.0 Å². The summed E-state index contributed by atoms with van der Waals surface area (Å²) in [5, 5.41) is 19.8. The summed E-state index contributed by atoms with van der Waals surface area (Å²) in [6.45, 7) is 1.72. The third kappa shape index (κ3) is 7.00. The lowest BCUT2D eigenvalue weighted by molar-refractivity contribution is -0.137. The highest BCUT2D eigenvalue weighted by molar-refractivity contribution is 6.37. The number of rotatable bonds is 11. The molecule has 11 rings (SSSR count). The second-order valence-electron chi connectivity index (χ2n) is 18.5. The van der Waals surface area contributed by atoms with Crippen LogP contribution in [0, 0.1) is 0 Å². The molecule has 4 atom stereocenters. The van der Waals surface area contributed by atoms with Crippen LogP contribution in [0.15, 0.2) is 85.3 Å². The number of anilines is 3. The number of hydrogen-bond donors (Lipinski definition) is 6. The first kappa shape index (κ1) is 43.0. The molecule has 3 fully saturated rings. The summed E-state index contributed by atoms with van der Waals surface area (Å²) < 4.78 is 1.95. The zero-order chi connectivity index (χ0) is 46.2. The van der Waals surface area contributed by atoms with Gasteiger partial charge in [0.15, 0.2) is 0 Å². The molecule has 67 heavy (non-hydrogen) atoms. The third-order valence-corrected chi connectivity index (χ3v) is 15.4. The van der Waals surface area contributed by atoms with Gasteiger partial charge < -0.3 is 30.7 Å². The Morgan fingerprint density at radius 3 is 2.51 bits per heavy atom. The number of piperidine rings is 1. The molecule has 0 radical (unpaired) electrons. The summed E-state index contributed by atoms with van der Waals surface area (Å²) in [4.78, 5) is 86.0. The second kappa shape index (κ2) is 16.6. The number of nitrogens with one attached hydrogen (secondary N) is 6. The Morgan fingerprint density at radius 1 is 0.896 bits per heavy atom. The molecule has 2 spiro atoms. The van der Waals surface area contributed by atoms with Crippen LogP contribution >= 0.6 is 23.2 Å². The van der Waals surface area contributed by atoms with Crippen molar-refractivity contribution in [2.75, 3.05) is 22.5 Å². The number of carbonyl (C=O) groups excluding carboxylic acids is 6. The van der Waals surface area contributed by atoms with Gasteiger partial charge in [-0.05, 0) is 91.4 Å². The summed E-state index contributed by atoms with van der Waals surface area (Å²) in [6.07, 6.45) is 9.18. The van der Waals surface area contributed by atoms with Crippen LogP contribution in [0.5, 0.6) is 0 Å². The van der Waals surface area contributed by atoms with E-state index in [0.717, 1.165) is 71.3 Å². The highest BCUT2D eigenvalue weighted by Gasteiger charge is 2.73. The molecule has 342 valence electrons. The van der Waals surface area contributed by atoms with E-state index in [9.17, 15) is 28.8 Å².